The summed E-state index contributed by atoms with van der Waals surface area (Å²) in [6, 6.07) is 6.55. The van der Waals surface area contributed by atoms with Gasteiger partial charge in [-0.05, 0) is 18.6 Å². The van der Waals surface area contributed by atoms with Crippen LogP contribution in [0.1, 0.15) is 25.3 Å². The summed E-state index contributed by atoms with van der Waals surface area (Å²) < 4.78 is 9.87. The summed E-state index contributed by atoms with van der Waals surface area (Å²) >= 11 is 0. The predicted molar refractivity (Wildman–Crippen MR) is 78.0 cm³/mol. The maximum absolute atomic E-state index is 11.8. The van der Waals surface area contributed by atoms with Gasteiger partial charge in [0.15, 0.2) is 0 Å². The van der Waals surface area contributed by atoms with Crippen LogP contribution in [0.2, 0.25) is 0 Å². The number of unbranched alkanes of at least 4 members (excludes halogenated alkanes) is 1. The fourth-order valence-corrected chi connectivity index (χ4v) is 1.72. The molecule has 0 aliphatic heterocycles. The Kier molecular flexibility index (Phi) is 4.71. The molecule has 0 aliphatic rings. The van der Waals surface area contributed by atoms with E-state index in [0.29, 0.717) is 5.39 Å². The van der Waals surface area contributed by atoms with E-state index in [2.05, 4.69) is 4.99 Å². The number of benzene rings is 1. The first-order valence-electron chi connectivity index (χ1n) is 6.59. The zero-order valence-corrected chi connectivity index (χ0v) is 11.5. The normalized spacial score (nSPS) is 11.1. The van der Waals surface area contributed by atoms with Gasteiger partial charge in [0.2, 0.25) is 0 Å². The summed E-state index contributed by atoms with van der Waals surface area (Å²) in [5.41, 5.74) is -0.680. The van der Waals surface area contributed by atoms with Crippen LogP contribution in [0.15, 0.2) is 38.5 Å². The van der Waals surface area contributed by atoms with E-state index >= 15 is 0 Å². The Morgan fingerprint density at radius 1 is 1.43 bits per heavy atom. The van der Waals surface area contributed by atoms with Gasteiger partial charge >= 0.3 is 11.7 Å². The number of para-hydroxylation sites is 1. The highest BCUT2D eigenvalue weighted by Crippen LogP contribution is 2.24. The van der Waals surface area contributed by atoms with Crippen molar-refractivity contribution in [3.05, 3.63) is 40.2 Å². The third-order valence-electron chi connectivity index (χ3n) is 2.84. The van der Waals surface area contributed by atoms with Crippen LogP contribution in [0.25, 0.3) is 11.0 Å². The van der Waals surface area contributed by atoms with Crippen LogP contribution < -0.4 is 5.63 Å². The standard InChI is InChI=1S/C15H15NO5/c1-2-3-8-20-15(19)16-9-11-13(17)10-6-4-5-7-12(10)21-14(11)18/h4-7,9,17H,2-3,8H2,1H3. The van der Waals surface area contributed by atoms with Crippen LogP contribution in [-0.2, 0) is 4.74 Å². The summed E-state index contributed by atoms with van der Waals surface area (Å²) in [7, 11) is 0. The molecule has 0 spiro atoms. The minimum Gasteiger partial charge on any atom is -0.506 e. The zero-order chi connectivity index (χ0) is 15.2. The Bertz CT molecular complexity index is 732. The van der Waals surface area contributed by atoms with E-state index in [-0.39, 0.29) is 23.5 Å². The van der Waals surface area contributed by atoms with Crippen LogP contribution in [-0.4, -0.2) is 24.0 Å². The molecule has 0 atom stereocenters. The third-order valence-corrected chi connectivity index (χ3v) is 2.84. The summed E-state index contributed by atoms with van der Waals surface area (Å²) in [6.07, 6.45) is 1.79. The molecule has 1 N–H and O–H groups in total. The molecule has 0 unspecified atom stereocenters. The average Bonchev–Trinajstić information content (AvgIpc) is 2.47. The van der Waals surface area contributed by atoms with E-state index in [1.54, 1.807) is 24.3 Å². The highest BCUT2D eigenvalue weighted by molar-refractivity contribution is 5.96. The number of ether oxygens (including phenoxy) is 1. The fraction of sp³-hybridized carbons (Fsp3) is 0.267. The second kappa shape index (κ2) is 6.69. The lowest BCUT2D eigenvalue weighted by Gasteiger charge is -2.02. The molecule has 0 aliphatic carbocycles. The minimum absolute atomic E-state index is 0.179. The SMILES string of the molecule is CCCCOC(=O)N=Cc1c(O)c2ccccc2oc1=O. The monoisotopic (exact) mass is 289 g/mol. The number of carbonyl (C=O) groups is 1. The van der Waals surface area contributed by atoms with Gasteiger partial charge in [0, 0.05) is 0 Å². The molecule has 1 aromatic carbocycles. The Balaban J connectivity index is 2.26. The molecule has 0 fully saturated rings. The third kappa shape index (κ3) is 3.47. The Hall–Kier alpha value is -2.63. The van der Waals surface area contributed by atoms with Gasteiger partial charge in [-0.3, -0.25) is 0 Å². The lowest BCUT2D eigenvalue weighted by Crippen LogP contribution is -2.08. The van der Waals surface area contributed by atoms with E-state index in [4.69, 9.17) is 9.15 Å². The van der Waals surface area contributed by atoms with Crippen LogP contribution in [0.3, 0.4) is 0 Å². The number of carbonyl (C=O) groups excluding carboxylic acids is 1. The van der Waals surface area contributed by atoms with Crippen molar-refractivity contribution in [2.24, 2.45) is 4.99 Å². The predicted octanol–water partition coefficient (Wildman–Crippen LogP) is 2.85. The highest BCUT2D eigenvalue weighted by atomic mass is 16.5. The Morgan fingerprint density at radius 2 is 2.19 bits per heavy atom. The van der Waals surface area contributed by atoms with Gasteiger partial charge in [-0.2, -0.15) is 4.99 Å². The topological polar surface area (TPSA) is 89.1 Å². The van der Waals surface area contributed by atoms with Crippen LogP contribution in [0.4, 0.5) is 4.79 Å². The van der Waals surface area contributed by atoms with Crippen molar-refractivity contribution in [2.75, 3.05) is 6.61 Å². The van der Waals surface area contributed by atoms with Gasteiger partial charge in [-0.25, -0.2) is 9.59 Å². The number of amides is 1. The Labute approximate surface area is 120 Å². The molecular weight excluding hydrogens is 274 g/mol. The van der Waals surface area contributed by atoms with Crippen molar-refractivity contribution >= 4 is 23.3 Å². The molecule has 110 valence electrons. The molecule has 21 heavy (non-hydrogen) atoms. The van der Waals surface area contributed by atoms with Gasteiger partial charge in [0.05, 0.1) is 18.2 Å². The molecule has 0 bridgehead atoms. The summed E-state index contributed by atoms with van der Waals surface area (Å²) in [4.78, 5) is 26.6. The van der Waals surface area contributed by atoms with E-state index in [1.165, 1.54) is 0 Å². The number of aromatic hydroxyl groups is 1. The van der Waals surface area contributed by atoms with Crippen molar-refractivity contribution in [3.8, 4) is 5.75 Å². The van der Waals surface area contributed by atoms with Crippen molar-refractivity contribution in [1.29, 1.82) is 0 Å². The van der Waals surface area contributed by atoms with Gasteiger partial charge in [-0.1, -0.05) is 25.5 Å². The second-order valence-corrected chi connectivity index (χ2v) is 4.37. The summed E-state index contributed by atoms with van der Waals surface area (Å²) in [5.74, 6) is -0.271. The van der Waals surface area contributed by atoms with E-state index < -0.39 is 11.7 Å². The quantitative estimate of drug-likeness (QED) is 0.531. The number of nitrogens with zero attached hydrogens (tertiary/aromatic N) is 1. The minimum atomic E-state index is -0.810. The number of aliphatic imine (C=N–C) groups is 1. The van der Waals surface area contributed by atoms with Crippen LogP contribution in [0, 0.1) is 0 Å². The van der Waals surface area contributed by atoms with Gasteiger partial charge in [0.25, 0.3) is 0 Å². The summed E-state index contributed by atoms with van der Waals surface area (Å²) in [6.45, 7) is 2.24. The molecule has 2 aromatic rings. The smallest absolute Gasteiger partial charge is 0.433 e. The molecule has 0 saturated carbocycles. The fourth-order valence-electron chi connectivity index (χ4n) is 1.72. The average molecular weight is 289 g/mol. The van der Waals surface area contributed by atoms with Crippen molar-refractivity contribution < 1.29 is 19.1 Å². The van der Waals surface area contributed by atoms with Crippen LogP contribution >= 0.6 is 0 Å². The Morgan fingerprint density at radius 3 is 2.95 bits per heavy atom. The number of fused-ring (bicyclic) bond motifs is 1. The first kappa shape index (κ1) is 14.8. The molecular formula is C15H15NO5. The van der Waals surface area contributed by atoms with E-state index in [1.807, 2.05) is 6.92 Å². The highest BCUT2D eigenvalue weighted by Gasteiger charge is 2.12. The maximum Gasteiger partial charge on any atom is 0.433 e. The summed E-state index contributed by atoms with van der Waals surface area (Å²) in [5, 5.41) is 10.4. The van der Waals surface area contributed by atoms with E-state index in [0.717, 1.165) is 19.1 Å². The van der Waals surface area contributed by atoms with Gasteiger partial charge in [0.1, 0.15) is 16.9 Å². The molecule has 1 amide bonds. The lowest BCUT2D eigenvalue weighted by molar-refractivity contribution is 0.156. The molecule has 0 radical (unpaired) electrons. The first-order chi connectivity index (χ1) is 10.1. The number of rotatable bonds is 4. The number of hydrogen-bond donors (Lipinski definition) is 1. The lowest BCUT2D eigenvalue weighted by atomic mass is 10.1. The number of hydrogen-bond acceptors (Lipinski definition) is 5. The molecule has 2 rings (SSSR count). The van der Waals surface area contributed by atoms with Crippen LogP contribution in [0.5, 0.6) is 5.75 Å². The molecule has 0 saturated heterocycles. The molecule has 1 aromatic heterocycles. The zero-order valence-electron chi connectivity index (χ0n) is 11.5. The second-order valence-electron chi connectivity index (χ2n) is 4.37. The molecule has 6 heteroatoms. The maximum atomic E-state index is 11.8. The van der Waals surface area contributed by atoms with Gasteiger partial charge < -0.3 is 14.3 Å². The first-order valence-corrected chi connectivity index (χ1v) is 6.59. The van der Waals surface area contributed by atoms with Crippen molar-refractivity contribution in [2.45, 2.75) is 19.8 Å². The molecule has 1 heterocycles. The largest absolute Gasteiger partial charge is 0.506 e. The van der Waals surface area contributed by atoms with Gasteiger partial charge in [-0.15, -0.1) is 0 Å². The van der Waals surface area contributed by atoms with Crippen molar-refractivity contribution in [1.82, 2.24) is 0 Å². The van der Waals surface area contributed by atoms with E-state index in [9.17, 15) is 14.7 Å². The molecule has 6 nitrogen and oxygen atoms in total. The van der Waals surface area contributed by atoms with Crippen molar-refractivity contribution in [3.63, 3.8) is 0 Å².